The van der Waals surface area contributed by atoms with Crippen molar-refractivity contribution in [3.8, 4) is 0 Å². The molecule has 2 heterocycles. The van der Waals surface area contributed by atoms with Crippen molar-refractivity contribution in [2.45, 2.75) is 26.4 Å². The van der Waals surface area contributed by atoms with E-state index in [1.807, 2.05) is 6.92 Å². The average Bonchev–Trinajstić information content (AvgIpc) is 3.21. The Morgan fingerprint density at radius 3 is 2.64 bits per heavy atom. The summed E-state index contributed by atoms with van der Waals surface area (Å²) in [6.07, 6.45) is 1.67. The lowest BCUT2D eigenvalue weighted by atomic mass is 10.1. The maximum absolute atomic E-state index is 13.7. The minimum Gasteiger partial charge on any atom is -0.456 e. The van der Waals surface area contributed by atoms with Gasteiger partial charge in [-0.15, -0.1) is 0 Å². The van der Waals surface area contributed by atoms with Crippen LogP contribution in [0.15, 0.2) is 59.4 Å². The largest absolute Gasteiger partial charge is 0.456 e. The molecule has 0 bridgehead atoms. The van der Waals surface area contributed by atoms with Gasteiger partial charge in [0.1, 0.15) is 17.4 Å². The predicted molar refractivity (Wildman–Crippen MR) is 121 cm³/mol. The third-order valence-corrected chi connectivity index (χ3v) is 5.62. The van der Waals surface area contributed by atoms with E-state index in [4.69, 9.17) is 4.74 Å². The quantitative estimate of drug-likeness (QED) is 0.415. The molecule has 10 heteroatoms. The van der Waals surface area contributed by atoms with Gasteiger partial charge in [-0.25, -0.2) is 14.2 Å². The van der Waals surface area contributed by atoms with Crippen LogP contribution in [0.3, 0.4) is 0 Å². The third kappa shape index (κ3) is 5.12. The van der Waals surface area contributed by atoms with Crippen molar-refractivity contribution in [2.24, 2.45) is 0 Å². The predicted octanol–water partition coefficient (Wildman–Crippen LogP) is 3.85. The van der Waals surface area contributed by atoms with Crippen molar-refractivity contribution in [3.63, 3.8) is 0 Å². The molecule has 33 heavy (non-hydrogen) atoms. The van der Waals surface area contributed by atoms with Gasteiger partial charge in [0.25, 0.3) is 11.5 Å². The number of benzene rings is 2. The van der Waals surface area contributed by atoms with Crippen LogP contribution in [0.1, 0.15) is 44.8 Å². The summed E-state index contributed by atoms with van der Waals surface area (Å²) in [5, 5.41) is 7.63. The third-order valence-electron chi connectivity index (χ3n) is 4.65. The number of anilines is 1. The molecule has 0 spiro atoms. The highest BCUT2D eigenvalue weighted by Crippen LogP contribution is 2.16. The lowest BCUT2D eigenvalue weighted by Gasteiger charge is -2.08. The zero-order chi connectivity index (χ0) is 23.4. The molecule has 1 N–H and O–H groups in total. The van der Waals surface area contributed by atoms with Crippen LogP contribution in [0.4, 0.5) is 10.1 Å². The lowest BCUT2D eigenvalue weighted by molar-refractivity contribution is 0.0467. The fraction of sp³-hybridized carbons (Fsp3) is 0.174. The molecule has 0 aliphatic rings. The highest BCUT2D eigenvalue weighted by molar-refractivity contribution is 7.16. The van der Waals surface area contributed by atoms with Crippen LogP contribution >= 0.6 is 11.3 Å². The normalized spacial score (nSPS) is 10.8. The Kier molecular flexibility index (Phi) is 6.55. The average molecular weight is 466 g/mol. The molecule has 0 fully saturated rings. The molecule has 0 aliphatic heterocycles. The van der Waals surface area contributed by atoms with Crippen molar-refractivity contribution < 1.29 is 18.7 Å². The summed E-state index contributed by atoms with van der Waals surface area (Å²) in [6.45, 7) is 1.86. The summed E-state index contributed by atoms with van der Waals surface area (Å²) in [5.74, 6) is -1.83. The molecule has 4 rings (SSSR count). The van der Waals surface area contributed by atoms with Crippen LogP contribution in [0, 0.1) is 5.82 Å². The number of hydrogen-bond donors (Lipinski definition) is 1. The Labute approximate surface area is 191 Å². The van der Waals surface area contributed by atoms with E-state index in [1.165, 1.54) is 64.4 Å². The van der Waals surface area contributed by atoms with Gasteiger partial charge in [-0.2, -0.15) is 9.61 Å². The second kappa shape index (κ2) is 9.70. The molecule has 168 valence electrons. The first-order valence-electron chi connectivity index (χ1n) is 10.2. The van der Waals surface area contributed by atoms with E-state index >= 15 is 0 Å². The summed E-state index contributed by atoms with van der Waals surface area (Å²) in [4.78, 5) is 41.6. The first kappa shape index (κ1) is 22.3. The number of rotatable bonds is 7. The van der Waals surface area contributed by atoms with Crippen molar-refractivity contribution in [1.82, 2.24) is 14.6 Å². The van der Waals surface area contributed by atoms with Crippen LogP contribution in [0.2, 0.25) is 0 Å². The second-order valence-corrected chi connectivity index (χ2v) is 8.15. The van der Waals surface area contributed by atoms with Gasteiger partial charge in [0, 0.05) is 18.2 Å². The first-order chi connectivity index (χ1) is 15.9. The Hall–Kier alpha value is -3.92. The van der Waals surface area contributed by atoms with Crippen molar-refractivity contribution in [1.29, 1.82) is 0 Å². The van der Waals surface area contributed by atoms with E-state index in [-0.39, 0.29) is 23.3 Å². The zero-order valence-electron chi connectivity index (χ0n) is 17.6. The highest BCUT2D eigenvalue weighted by Gasteiger charge is 2.14. The number of aromatic nitrogens is 3. The fourth-order valence-corrected chi connectivity index (χ4v) is 4.06. The number of aryl methyl sites for hydroxylation is 1. The van der Waals surface area contributed by atoms with Crippen LogP contribution < -0.4 is 10.9 Å². The van der Waals surface area contributed by atoms with Gasteiger partial charge >= 0.3 is 5.97 Å². The number of esters is 1. The first-order valence-corrected chi connectivity index (χ1v) is 11.0. The number of amides is 1. The van der Waals surface area contributed by atoms with Crippen LogP contribution in [0.5, 0.6) is 0 Å². The fourth-order valence-electron chi connectivity index (χ4n) is 3.04. The SMILES string of the molecule is CCCc1nn2c(=O)cc(COC(=O)c3ccc(NC(=O)c4ccccc4F)cc3)nc2s1. The van der Waals surface area contributed by atoms with Crippen LogP contribution in [-0.2, 0) is 17.8 Å². The van der Waals surface area contributed by atoms with Crippen molar-refractivity contribution in [3.05, 3.63) is 92.6 Å². The van der Waals surface area contributed by atoms with Crippen molar-refractivity contribution in [2.75, 3.05) is 5.32 Å². The molecule has 2 aromatic carbocycles. The van der Waals surface area contributed by atoms with E-state index in [0.717, 1.165) is 17.8 Å². The maximum Gasteiger partial charge on any atom is 0.338 e. The smallest absolute Gasteiger partial charge is 0.338 e. The number of nitrogens with zero attached hydrogens (tertiary/aromatic N) is 3. The number of halogens is 1. The highest BCUT2D eigenvalue weighted by atomic mass is 32.1. The molecule has 4 aromatic rings. The summed E-state index contributed by atoms with van der Waals surface area (Å²) < 4.78 is 20.3. The second-order valence-electron chi connectivity index (χ2n) is 7.11. The van der Waals surface area contributed by atoms with E-state index < -0.39 is 17.7 Å². The molecular weight excluding hydrogens is 447 g/mol. The summed E-state index contributed by atoms with van der Waals surface area (Å²) in [7, 11) is 0. The summed E-state index contributed by atoms with van der Waals surface area (Å²) in [5.41, 5.74) is 0.560. The molecule has 2 aromatic heterocycles. The lowest BCUT2D eigenvalue weighted by Crippen LogP contribution is -2.16. The molecule has 0 atom stereocenters. The summed E-state index contributed by atoms with van der Waals surface area (Å²) in [6, 6.07) is 12.9. The molecule has 0 saturated heterocycles. The van der Waals surface area contributed by atoms with Gasteiger partial charge in [-0.3, -0.25) is 9.59 Å². The van der Waals surface area contributed by atoms with E-state index in [9.17, 15) is 18.8 Å². The van der Waals surface area contributed by atoms with Gasteiger partial charge in [-0.1, -0.05) is 30.4 Å². The monoisotopic (exact) mass is 466 g/mol. The molecule has 1 amide bonds. The number of carbonyl (C=O) groups excluding carboxylic acids is 2. The summed E-state index contributed by atoms with van der Waals surface area (Å²) >= 11 is 1.33. The van der Waals surface area contributed by atoms with Crippen molar-refractivity contribution >= 4 is 33.9 Å². The molecule has 8 nitrogen and oxygen atoms in total. The molecule has 0 unspecified atom stereocenters. The van der Waals surface area contributed by atoms with Gasteiger partial charge in [0.2, 0.25) is 4.96 Å². The van der Waals surface area contributed by atoms with Crippen LogP contribution in [-0.4, -0.2) is 26.5 Å². The molecular formula is C23H19FN4O4S. The van der Waals surface area contributed by atoms with Gasteiger partial charge in [0.05, 0.1) is 16.8 Å². The number of fused-ring (bicyclic) bond motifs is 1. The maximum atomic E-state index is 13.7. The minimum atomic E-state index is -0.624. The minimum absolute atomic E-state index is 0.0795. The topological polar surface area (TPSA) is 103 Å². The van der Waals surface area contributed by atoms with E-state index in [2.05, 4.69) is 15.4 Å². The van der Waals surface area contributed by atoms with Crippen LogP contribution in [0.25, 0.3) is 4.96 Å². The number of nitrogens with one attached hydrogen (secondary N) is 1. The number of carbonyl (C=O) groups is 2. The number of hydrogen-bond acceptors (Lipinski definition) is 7. The van der Waals surface area contributed by atoms with Gasteiger partial charge in [0.15, 0.2) is 0 Å². The Morgan fingerprint density at radius 2 is 1.91 bits per heavy atom. The zero-order valence-corrected chi connectivity index (χ0v) is 18.4. The Bertz CT molecular complexity index is 1380. The number of ether oxygens (including phenoxy) is 1. The Balaban J connectivity index is 1.39. The van der Waals surface area contributed by atoms with E-state index in [1.54, 1.807) is 6.07 Å². The molecule has 0 aliphatic carbocycles. The molecule has 0 saturated carbocycles. The van der Waals surface area contributed by atoms with E-state index in [0.29, 0.717) is 16.3 Å². The standard InChI is InChI=1S/C23H19FN4O4S/c1-2-5-19-27-28-20(29)12-16(26-23(28)33-19)13-32-22(31)14-8-10-15(11-9-14)25-21(30)17-6-3-4-7-18(17)24/h3-4,6-12H,2,5,13H2,1H3,(H,25,30). The Morgan fingerprint density at radius 1 is 1.15 bits per heavy atom. The van der Waals surface area contributed by atoms with Gasteiger partial charge in [-0.05, 0) is 42.8 Å². The van der Waals surface area contributed by atoms with Gasteiger partial charge < -0.3 is 10.1 Å². The molecule has 0 radical (unpaired) electrons.